The lowest BCUT2D eigenvalue weighted by atomic mass is 10.0. The Labute approximate surface area is 85.6 Å². The van der Waals surface area contributed by atoms with E-state index in [2.05, 4.69) is 30.3 Å². The van der Waals surface area contributed by atoms with Crippen LogP contribution in [-0.4, -0.2) is 0 Å². The van der Waals surface area contributed by atoms with E-state index in [-0.39, 0.29) is 6.04 Å². The Balaban J connectivity index is 2.30. The molecule has 0 saturated heterocycles. The SMILES string of the molecule is CC(N)c1cccc(C2=CCCC2)c1. The summed E-state index contributed by atoms with van der Waals surface area (Å²) in [6.45, 7) is 2.03. The minimum Gasteiger partial charge on any atom is -0.324 e. The zero-order chi connectivity index (χ0) is 9.97. The van der Waals surface area contributed by atoms with Crippen LogP contribution in [0, 0.1) is 0 Å². The van der Waals surface area contributed by atoms with Gasteiger partial charge in [-0.2, -0.15) is 0 Å². The summed E-state index contributed by atoms with van der Waals surface area (Å²) in [4.78, 5) is 0. The standard InChI is InChI=1S/C13H17N/c1-10(14)12-7-4-8-13(9-12)11-5-2-3-6-11/h4-5,7-10H,2-3,6,14H2,1H3. The van der Waals surface area contributed by atoms with Crippen molar-refractivity contribution in [3.05, 3.63) is 41.5 Å². The van der Waals surface area contributed by atoms with Crippen LogP contribution in [0.1, 0.15) is 43.4 Å². The number of benzene rings is 1. The maximum atomic E-state index is 5.86. The van der Waals surface area contributed by atoms with E-state index < -0.39 is 0 Å². The second kappa shape index (κ2) is 3.97. The molecule has 2 rings (SSSR count). The highest BCUT2D eigenvalue weighted by molar-refractivity contribution is 5.67. The van der Waals surface area contributed by atoms with E-state index >= 15 is 0 Å². The average molecular weight is 187 g/mol. The summed E-state index contributed by atoms with van der Waals surface area (Å²) in [6.07, 6.45) is 6.11. The van der Waals surface area contributed by atoms with Crippen LogP contribution in [0.25, 0.3) is 5.57 Å². The van der Waals surface area contributed by atoms with Crippen LogP contribution in [0.5, 0.6) is 0 Å². The second-order valence-electron chi connectivity index (χ2n) is 4.04. The molecule has 0 radical (unpaired) electrons. The first-order chi connectivity index (χ1) is 6.77. The van der Waals surface area contributed by atoms with Crippen LogP contribution in [0.4, 0.5) is 0 Å². The third-order valence-corrected chi connectivity index (χ3v) is 2.82. The molecule has 0 bridgehead atoms. The molecule has 2 N–H and O–H groups in total. The number of hydrogen-bond acceptors (Lipinski definition) is 1. The highest BCUT2D eigenvalue weighted by atomic mass is 14.6. The third-order valence-electron chi connectivity index (χ3n) is 2.82. The van der Waals surface area contributed by atoms with Gasteiger partial charge in [0.2, 0.25) is 0 Å². The normalized spacial score (nSPS) is 18.0. The molecule has 1 aromatic rings. The van der Waals surface area contributed by atoms with Crippen LogP contribution < -0.4 is 5.73 Å². The van der Waals surface area contributed by atoms with Gasteiger partial charge in [-0.05, 0) is 49.0 Å². The third kappa shape index (κ3) is 1.88. The molecule has 0 amide bonds. The van der Waals surface area contributed by atoms with Gasteiger partial charge in [0.15, 0.2) is 0 Å². The van der Waals surface area contributed by atoms with Crippen molar-refractivity contribution in [2.75, 3.05) is 0 Å². The fourth-order valence-electron chi connectivity index (χ4n) is 1.95. The quantitative estimate of drug-likeness (QED) is 0.755. The van der Waals surface area contributed by atoms with Crippen molar-refractivity contribution in [1.29, 1.82) is 0 Å². The molecule has 0 fully saturated rings. The van der Waals surface area contributed by atoms with E-state index in [1.165, 1.54) is 36.0 Å². The summed E-state index contributed by atoms with van der Waals surface area (Å²) in [5.41, 5.74) is 9.95. The molecule has 0 aliphatic heterocycles. The highest BCUT2D eigenvalue weighted by Gasteiger charge is 2.08. The maximum absolute atomic E-state index is 5.86. The first-order valence-corrected chi connectivity index (χ1v) is 5.32. The Morgan fingerprint density at radius 3 is 2.86 bits per heavy atom. The van der Waals surface area contributed by atoms with Crippen molar-refractivity contribution < 1.29 is 0 Å². The Morgan fingerprint density at radius 2 is 2.21 bits per heavy atom. The second-order valence-corrected chi connectivity index (χ2v) is 4.04. The molecule has 14 heavy (non-hydrogen) atoms. The Morgan fingerprint density at radius 1 is 1.36 bits per heavy atom. The van der Waals surface area contributed by atoms with Gasteiger partial charge in [-0.25, -0.2) is 0 Å². The average Bonchev–Trinajstić information content (AvgIpc) is 2.71. The van der Waals surface area contributed by atoms with Gasteiger partial charge in [0.25, 0.3) is 0 Å². The van der Waals surface area contributed by atoms with Crippen molar-refractivity contribution in [3.8, 4) is 0 Å². The van der Waals surface area contributed by atoms with Crippen LogP contribution >= 0.6 is 0 Å². The summed E-state index contributed by atoms with van der Waals surface area (Å²) in [5, 5.41) is 0. The Bertz CT molecular complexity index is 350. The predicted octanol–water partition coefficient (Wildman–Crippen LogP) is 3.27. The van der Waals surface area contributed by atoms with E-state index in [9.17, 15) is 0 Å². The summed E-state index contributed by atoms with van der Waals surface area (Å²) < 4.78 is 0. The van der Waals surface area contributed by atoms with Gasteiger partial charge in [-0.3, -0.25) is 0 Å². The smallest absolute Gasteiger partial charge is 0.0266 e. The number of allylic oxidation sites excluding steroid dienone is 2. The molecule has 0 aromatic heterocycles. The molecule has 1 heteroatoms. The maximum Gasteiger partial charge on any atom is 0.0266 e. The zero-order valence-corrected chi connectivity index (χ0v) is 8.66. The minimum atomic E-state index is 0.136. The lowest BCUT2D eigenvalue weighted by Gasteiger charge is -2.08. The van der Waals surface area contributed by atoms with Crippen LogP contribution in [-0.2, 0) is 0 Å². The van der Waals surface area contributed by atoms with Gasteiger partial charge in [0.1, 0.15) is 0 Å². The van der Waals surface area contributed by atoms with Crippen LogP contribution in [0.2, 0.25) is 0 Å². The first-order valence-electron chi connectivity index (χ1n) is 5.32. The van der Waals surface area contributed by atoms with E-state index in [0.717, 1.165) is 0 Å². The lowest BCUT2D eigenvalue weighted by Crippen LogP contribution is -2.04. The summed E-state index contributed by atoms with van der Waals surface area (Å²) in [7, 11) is 0. The Hall–Kier alpha value is -1.08. The monoisotopic (exact) mass is 187 g/mol. The van der Waals surface area contributed by atoms with Gasteiger partial charge in [0.05, 0.1) is 0 Å². The van der Waals surface area contributed by atoms with Gasteiger partial charge in [0, 0.05) is 6.04 Å². The van der Waals surface area contributed by atoms with E-state index in [1.54, 1.807) is 0 Å². The van der Waals surface area contributed by atoms with E-state index in [4.69, 9.17) is 5.73 Å². The molecule has 1 aliphatic carbocycles. The summed E-state index contributed by atoms with van der Waals surface area (Å²) >= 11 is 0. The van der Waals surface area contributed by atoms with Crippen LogP contribution in [0.15, 0.2) is 30.3 Å². The molecule has 0 saturated carbocycles. The Kier molecular flexibility index (Phi) is 2.69. The molecule has 1 nitrogen and oxygen atoms in total. The first kappa shape index (κ1) is 9.47. The molecular formula is C13H17N. The fourth-order valence-corrected chi connectivity index (χ4v) is 1.95. The number of rotatable bonds is 2. The summed E-state index contributed by atoms with van der Waals surface area (Å²) in [6, 6.07) is 8.75. The molecule has 0 spiro atoms. The van der Waals surface area contributed by atoms with Gasteiger partial charge in [-0.1, -0.05) is 24.3 Å². The number of hydrogen-bond donors (Lipinski definition) is 1. The fraction of sp³-hybridized carbons (Fsp3) is 0.385. The number of nitrogens with two attached hydrogens (primary N) is 1. The zero-order valence-electron chi connectivity index (χ0n) is 8.66. The molecule has 1 aromatic carbocycles. The van der Waals surface area contributed by atoms with Gasteiger partial charge >= 0.3 is 0 Å². The van der Waals surface area contributed by atoms with Crippen molar-refractivity contribution in [2.24, 2.45) is 5.73 Å². The predicted molar refractivity (Wildman–Crippen MR) is 60.9 cm³/mol. The van der Waals surface area contributed by atoms with E-state index in [1.807, 2.05) is 6.92 Å². The van der Waals surface area contributed by atoms with Crippen LogP contribution in [0.3, 0.4) is 0 Å². The summed E-state index contributed by atoms with van der Waals surface area (Å²) in [5.74, 6) is 0. The lowest BCUT2D eigenvalue weighted by molar-refractivity contribution is 0.817. The molecular weight excluding hydrogens is 170 g/mol. The van der Waals surface area contributed by atoms with Crippen molar-refractivity contribution in [3.63, 3.8) is 0 Å². The topological polar surface area (TPSA) is 26.0 Å². The van der Waals surface area contributed by atoms with Gasteiger partial charge in [-0.15, -0.1) is 0 Å². The van der Waals surface area contributed by atoms with Crippen molar-refractivity contribution in [2.45, 2.75) is 32.2 Å². The van der Waals surface area contributed by atoms with Crippen molar-refractivity contribution >= 4 is 5.57 Å². The molecule has 1 unspecified atom stereocenters. The molecule has 74 valence electrons. The minimum absolute atomic E-state index is 0.136. The van der Waals surface area contributed by atoms with E-state index in [0.29, 0.717) is 0 Å². The molecule has 1 aliphatic rings. The van der Waals surface area contributed by atoms with Crippen molar-refractivity contribution in [1.82, 2.24) is 0 Å². The highest BCUT2D eigenvalue weighted by Crippen LogP contribution is 2.28. The largest absolute Gasteiger partial charge is 0.324 e. The molecule has 0 heterocycles. The molecule has 1 atom stereocenters. The van der Waals surface area contributed by atoms with Gasteiger partial charge < -0.3 is 5.73 Å².